The highest BCUT2D eigenvalue weighted by Crippen LogP contribution is 2.41. The van der Waals surface area contributed by atoms with E-state index in [2.05, 4.69) is 5.32 Å². The van der Waals surface area contributed by atoms with Crippen LogP contribution in [0.2, 0.25) is 15.1 Å². The number of rotatable bonds is 7. The Labute approximate surface area is 217 Å². The number of carbonyl (C=O) groups is 2. The van der Waals surface area contributed by atoms with Gasteiger partial charge in [-0.15, -0.1) is 0 Å². The maximum atomic E-state index is 13.7. The summed E-state index contributed by atoms with van der Waals surface area (Å²) < 4.78 is 77.8. The third kappa shape index (κ3) is 8.31. The number of alkyl halides is 6. The number of benzene rings is 2. The highest BCUT2D eigenvalue weighted by atomic mass is 35.5. The van der Waals surface area contributed by atoms with Gasteiger partial charge in [-0.05, 0) is 48.7 Å². The van der Waals surface area contributed by atoms with Gasteiger partial charge in [-0.2, -0.15) is 26.3 Å². The van der Waals surface area contributed by atoms with Crippen molar-refractivity contribution in [3.63, 3.8) is 0 Å². The van der Waals surface area contributed by atoms with Gasteiger partial charge in [-0.3, -0.25) is 9.59 Å². The van der Waals surface area contributed by atoms with Gasteiger partial charge in [0.05, 0.1) is 21.0 Å². The van der Waals surface area contributed by atoms with Crippen molar-refractivity contribution in [3.8, 4) is 0 Å². The molecule has 2 amide bonds. The first-order valence-electron chi connectivity index (χ1n) is 10.1. The Morgan fingerprint density at radius 2 is 1.58 bits per heavy atom. The Balaban J connectivity index is 2.19. The van der Waals surface area contributed by atoms with Gasteiger partial charge in [0.1, 0.15) is 12.6 Å². The van der Waals surface area contributed by atoms with Crippen molar-refractivity contribution >= 4 is 52.7 Å². The number of amides is 2. The Morgan fingerprint density at radius 3 is 2.08 bits per heavy atom. The predicted octanol–water partition coefficient (Wildman–Crippen LogP) is 7.11. The van der Waals surface area contributed by atoms with Gasteiger partial charge in [0.25, 0.3) is 5.91 Å². The Morgan fingerprint density at radius 1 is 1.00 bits per heavy atom. The monoisotopic (exact) mass is 574 g/mol. The Kier molecular flexibility index (Phi) is 9.72. The molecule has 2 aromatic carbocycles. The van der Waals surface area contributed by atoms with Crippen molar-refractivity contribution < 1.29 is 35.9 Å². The number of carbonyl (C=O) groups excluding carboxylic acids is 2. The summed E-state index contributed by atoms with van der Waals surface area (Å²) in [5.74, 6) is -3.82. The molecule has 0 heterocycles. The number of hydrogen-bond acceptors (Lipinski definition) is 2. The van der Waals surface area contributed by atoms with Gasteiger partial charge in [-0.1, -0.05) is 59.1 Å². The highest BCUT2D eigenvalue weighted by Gasteiger charge is 2.39. The third-order valence-corrected chi connectivity index (χ3v) is 6.09. The Bertz CT molecular complexity index is 1140. The molecule has 0 aliphatic carbocycles. The van der Waals surface area contributed by atoms with Crippen molar-refractivity contribution in [2.24, 2.45) is 0 Å². The number of halogens is 9. The van der Waals surface area contributed by atoms with Crippen molar-refractivity contribution in [1.82, 2.24) is 10.6 Å². The SMILES string of the molecule is Cc1cc(C=CC(c2cc(Cl)c(Cl)c(Cl)c2)C(F)(F)F)ccc1C(=O)NC(C)C(=O)NCC(F)(F)F. The van der Waals surface area contributed by atoms with Crippen LogP contribution in [0.1, 0.15) is 39.9 Å². The molecule has 2 aromatic rings. The second-order valence-electron chi connectivity index (χ2n) is 7.78. The van der Waals surface area contributed by atoms with Crippen LogP contribution in [0.5, 0.6) is 0 Å². The van der Waals surface area contributed by atoms with E-state index in [0.717, 1.165) is 18.2 Å². The van der Waals surface area contributed by atoms with Crippen LogP contribution in [-0.4, -0.2) is 36.8 Å². The van der Waals surface area contributed by atoms with Crippen LogP contribution in [0.4, 0.5) is 26.3 Å². The van der Waals surface area contributed by atoms with Crippen molar-refractivity contribution in [1.29, 1.82) is 0 Å². The van der Waals surface area contributed by atoms with Crippen molar-refractivity contribution in [2.75, 3.05) is 6.54 Å². The van der Waals surface area contributed by atoms with Gasteiger partial charge >= 0.3 is 12.4 Å². The molecule has 196 valence electrons. The normalized spacial score (nSPS) is 14.0. The molecule has 2 atom stereocenters. The maximum Gasteiger partial charge on any atom is 0.405 e. The molecule has 0 aliphatic rings. The summed E-state index contributed by atoms with van der Waals surface area (Å²) in [6.45, 7) is 1.18. The van der Waals surface area contributed by atoms with Crippen LogP contribution in [0.15, 0.2) is 36.4 Å². The zero-order chi connectivity index (χ0) is 27.4. The second-order valence-corrected chi connectivity index (χ2v) is 8.97. The van der Waals surface area contributed by atoms with E-state index in [0.29, 0.717) is 11.1 Å². The fourth-order valence-corrected chi connectivity index (χ4v) is 3.71. The Hall–Kier alpha value is -2.43. The molecular formula is C23H19Cl3F6N2O2. The molecule has 2 N–H and O–H groups in total. The summed E-state index contributed by atoms with van der Waals surface area (Å²) in [7, 11) is 0. The summed E-state index contributed by atoms with van der Waals surface area (Å²) in [6, 6.07) is 5.02. The molecule has 4 nitrogen and oxygen atoms in total. The van der Waals surface area contributed by atoms with Crippen LogP contribution in [0.3, 0.4) is 0 Å². The zero-order valence-corrected chi connectivity index (χ0v) is 20.9. The summed E-state index contributed by atoms with van der Waals surface area (Å²) in [5.41, 5.74) is 0.564. The molecule has 0 aliphatic heterocycles. The van der Waals surface area contributed by atoms with E-state index in [1.165, 1.54) is 38.1 Å². The van der Waals surface area contributed by atoms with E-state index in [4.69, 9.17) is 34.8 Å². The van der Waals surface area contributed by atoms with Crippen LogP contribution in [-0.2, 0) is 4.79 Å². The highest BCUT2D eigenvalue weighted by molar-refractivity contribution is 6.48. The van der Waals surface area contributed by atoms with Crippen LogP contribution < -0.4 is 10.6 Å². The average molecular weight is 576 g/mol. The molecule has 2 unspecified atom stereocenters. The molecule has 2 rings (SSSR count). The molecular weight excluding hydrogens is 557 g/mol. The lowest BCUT2D eigenvalue weighted by molar-refractivity contribution is -0.139. The number of allylic oxidation sites excluding steroid dienone is 1. The minimum Gasteiger partial charge on any atom is -0.345 e. The molecule has 0 bridgehead atoms. The van der Waals surface area contributed by atoms with Crippen LogP contribution in [0.25, 0.3) is 6.08 Å². The molecule has 0 aromatic heterocycles. The predicted molar refractivity (Wildman–Crippen MR) is 126 cm³/mol. The smallest absolute Gasteiger partial charge is 0.345 e. The minimum absolute atomic E-state index is 0.0661. The van der Waals surface area contributed by atoms with Crippen LogP contribution in [0, 0.1) is 6.92 Å². The second kappa shape index (κ2) is 11.7. The molecule has 0 spiro atoms. The molecule has 0 radical (unpaired) electrons. The zero-order valence-electron chi connectivity index (χ0n) is 18.6. The van der Waals surface area contributed by atoms with Gasteiger partial charge < -0.3 is 10.6 Å². The van der Waals surface area contributed by atoms with Gasteiger partial charge in [0.2, 0.25) is 5.91 Å². The van der Waals surface area contributed by atoms with Crippen molar-refractivity contribution in [3.05, 3.63) is 73.7 Å². The fourth-order valence-electron chi connectivity index (χ4n) is 3.10. The lowest BCUT2D eigenvalue weighted by atomic mass is 9.96. The summed E-state index contributed by atoms with van der Waals surface area (Å²) >= 11 is 17.6. The topological polar surface area (TPSA) is 58.2 Å². The first-order valence-corrected chi connectivity index (χ1v) is 11.3. The van der Waals surface area contributed by atoms with Gasteiger partial charge in [0.15, 0.2) is 0 Å². The quantitative estimate of drug-likeness (QED) is 0.273. The summed E-state index contributed by atoms with van der Waals surface area (Å²) in [4.78, 5) is 24.2. The van der Waals surface area contributed by atoms with E-state index in [1.807, 2.05) is 0 Å². The van der Waals surface area contributed by atoms with E-state index in [9.17, 15) is 35.9 Å². The van der Waals surface area contributed by atoms with Gasteiger partial charge in [0, 0.05) is 5.56 Å². The first kappa shape index (κ1) is 29.8. The average Bonchev–Trinajstić information content (AvgIpc) is 2.74. The van der Waals surface area contributed by atoms with E-state index in [-0.39, 0.29) is 26.2 Å². The first-order chi connectivity index (χ1) is 16.5. The van der Waals surface area contributed by atoms with E-state index < -0.39 is 42.7 Å². The minimum atomic E-state index is -4.67. The largest absolute Gasteiger partial charge is 0.405 e. The van der Waals surface area contributed by atoms with Crippen LogP contribution >= 0.6 is 34.8 Å². The maximum absolute atomic E-state index is 13.7. The summed E-state index contributed by atoms with van der Waals surface area (Å²) in [5, 5.41) is 3.61. The summed E-state index contributed by atoms with van der Waals surface area (Å²) in [6.07, 6.45) is -7.17. The lowest BCUT2D eigenvalue weighted by Crippen LogP contribution is -2.47. The van der Waals surface area contributed by atoms with E-state index in [1.54, 1.807) is 5.32 Å². The van der Waals surface area contributed by atoms with Gasteiger partial charge in [-0.25, -0.2) is 0 Å². The third-order valence-electron chi connectivity index (χ3n) is 4.90. The fraction of sp³-hybridized carbons (Fsp3) is 0.304. The number of aryl methyl sites for hydroxylation is 1. The molecule has 0 saturated heterocycles. The molecule has 0 saturated carbocycles. The lowest BCUT2D eigenvalue weighted by Gasteiger charge is -2.18. The number of hydrogen-bond donors (Lipinski definition) is 2. The molecule has 13 heteroatoms. The van der Waals surface area contributed by atoms with Crippen molar-refractivity contribution in [2.45, 2.75) is 38.2 Å². The standard InChI is InChI=1S/C23H19Cl3F6N2O2/c1-11-7-13(3-5-15(11)21(36)34-12(2)20(35)33-10-22(27,28)29)4-6-16(23(30,31)32)14-8-17(24)19(26)18(25)9-14/h3-9,12,16H,10H2,1-2H3,(H,33,35)(H,34,36). The number of nitrogens with one attached hydrogen (secondary N) is 2. The molecule has 36 heavy (non-hydrogen) atoms. The molecule has 0 fully saturated rings. The van der Waals surface area contributed by atoms with E-state index >= 15 is 0 Å².